The number of hydrogen-bond acceptors (Lipinski definition) is 4. The van der Waals surface area contributed by atoms with Gasteiger partial charge in [0.05, 0.1) is 25.7 Å². The molecule has 0 aliphatic heterocycles. The first-order valence-corrected chi connectivity index (χ1v) is 6.10. The number of rotatable bonds is 6. The van der Waals surface area contributed by atoms with Crippen molar-refractivity contribution in [1.29, 1.82) is 0 Å². The van der Waals surface area contributed by atoms with Gasteiger partial charge in [0.25, 0.3) is 0 Å². The van der Waals surface area contributed by atoms with Gasteiger partial charge in [-0.3, -0.25) is 0 Å². The van der Waals surface area contributed by atoms with Gasteiger partial charge in [0.15, 0.2) is 0 Å². The highest BCUT2D eigenvalue weighted by molar-refractivity contribution is 6.41. The predicted octanol–water partition coefficient (Wildman–Crippen LogP) is 3.50. The van der Waals surface area contributed by atoms with E-state index in [-0.39, 0.29) is 0 Å². The SMILES string of the molecule is C=C(NCC)Nc1c(Cl)c(OC)cc(OC)c1Cl. The molecule has 0 radical (unpaired) electrons. The lowest BCUT2D eigenvalue weighted by atomic mass is 10.2. The summed E-state index contributed by atoms with van der Waals surface area (Å²) in [6.07, 6.45) is 0. The van der Waals surface area contributed by atoms with Crippen molar-refractivity contribution in [2.45, 2.75) is 6.92 Å². The zero-order valence-electron chi connectivity index (χ0n) is 10.6. The van der Waals surface area contributed by atoms with E-state index in [1.807, 2.05) is 6.92 Å². The van der Waals surface area contributed by atoms with Crippen LogP contribution in [0.1, 0.15) is 6.92 Å². The molecule has 18 heavy (non-hydrogen) atoms. The second-order valence-electron chi connectivity index (χ2n) is 3.42. The second-order valence-corrected chi connectivity index (χ2v) is 4.17. The maximum atomic E-state index is 6.19. The van der Waals surface area contributed by atoms with Gasteiger partial charge >= 0.3 is 0 Å². The summed E-state index contributed by atoms with van der Waals surface area (Å²) in [5.41, 5.74) is 0.500. The molecule has 1 rings (SSSR count). The first-order valence-electron chi connectivity index (χ1n) is 5.34. The summed E-state index contributed by atoms with van der Waals surface area (Å²) in [5.74, 6) is 1.55. The number of ether oxygens (including phenoxy) is 2. The van der Waals surface area contributed by atoms with E-state index in [1.165, 1.54) is 14.2 Å². The molecule has 0 amide bonds. The van der Waals surface area contributed by atoms with Crippen LogP contribution < -0.4 is 20.1 Å². The Morgan fingerprint density at radius 2 is 1.72 bits per heavy atom. The largest absolute Gasteiger partial charge is 0.495 e. The van der Waals surface area contributed by atoms with E-state index >= 15 is 0 Å². The number of benzene rings is 1. The molecule has 4 nitrogen and oxygen atoms in total. The lowest BCUT2D eigenvalue weighted by molar-refractivity contribution is 0.395. The average Bonchev–Trinajstić information content (AvgIpc) is 2.35. The maximum absolute atomic E-state index is 6.19. The highest BCUT2D eigenvalue weighted by Gasteiger charge is 2.17. The Labute approximate surface area is 117 Å². The molecule has 1 aromatic carbocycles. The fraction of sp³-hybridized carbons (Fsp3) is 0.333. The normalized spacial score (nSPS) is 9.83. The minimum absolute atomic E-state index is 0.377. The summed E-state index contributed by atoms with van der Waals surface area (Å²) >= 11 is 12.4. The standard InChI is InChI=1S/C12H16Cl2N2O2/c1-5-15-7(2)16-12-10(13)8(17-3)6-9(18-4)11(12)14/h6,15-16H,2,5H2,1,3-4H3. The van der Waals surface area contributed by atoms with Crippen molar-refractivity contribution in [3.8, 4) is 11.5 Å². The lowest BCUT2D eigenvalue weighted by Gasteiger charge is -2.17. The van der Waals surface area contributed by atoms with Crippen molar-refractivity contribution >= 4 is 28.9 Å². The van der Waals surface area contributed by atoms with Gasteiger partial charge in [-0.15, -0.1) is 0 Å². The van der Waals surface area contributed by atoms with Crippen LogP contribution >= 0.6 is 23.2 Å². The molecular weight excluding hydrogens is 275 g/mol. The zero-order valence-corrected chi connectivity index (χ0v) is 12.1. The predicted molar refractivity (Wildman–Crippen MR) is 76.0 cm³/mol. The van der Waals surface area contributed by atoms with Gasteiger partial charge in [0.2, 0.25) is 0 Å². The maximum Gasteiger partial charge on any atom is 0.143 e. The highest BCUT2D eigenvalue weighted by atomic mass is 35.5. The number of anilines is 1. The first kappa shape index (κ1) is 14.8. The van der Waals surface area contributed by atoms with Crippen LogP contribution in [0.15, 0.2) is 18.5 Å². The van der Waals surface area contributed by atoms with E-state index in [0.29, 0.717) is 33.1 Å². The van der Waals surface area contributed by atoms with Gasteiger partial charge in [0.1, 0.15) is 21.5 Å². The Morgan fingerprint density at radius 1 is 1.22 bits per heavy atom. The number of methoxy groups -OCH3 is 2. The minimum Gasteiger partial charge on any atom is -0.495 e. The van der Waals surface area contributed by atoms with E-state index < -0.39 is 0 Å². The summed E-state index contributed by atoms with van der Waals surface area (Å²) in [5, 5.41) is 6.77. The van der Waals surface area contributed by atoms with Crippen molar-refractivity contribution in [1.82, 2.24) is 5.32 Å². The van der Waals surface area contributed by atoms with E-state index in [0.717, 1.165) is 6.54 Å². The smallest absolute Gasteiger partial charge is 0.143 e. The molecule has 0 saturated carbocycles. The molecule has 2 N–H and O–H groups in total. The Kier molecular flexibility index (Phi) is 5.44. The van der Waals surface area contributed by atoms with Crippen LogP contribution in [0.2, 0.25) is 10.0 Å². The minimum atomic E-state index is 0.377. The molecule has 0 aromatic heterocycles. The van der Waals surface area contributed by atoms with Crippen molar-refractivity contribution in [3.05, 3.63) is 28.5 Å². The molecule has 0 unspecified atom stereocenters. The second kappa shape index (κ2) is 6.61. The molecule has 0 aliphatic rings. The molecule has 0 atom stereocenters. The molecule has 0 aliphatic carbocycles. The van der Waals surface area contributed by atoms with Crippen LogP contribution in [0.3, 0.4) is 0 Å². The third-order valence-electron chi connectivity index (χ3n) is 2.24. The molecule has 6 heteroatoms. The van der Waals surface area contributed by atoms with Crippen LogP contribution in [0.5, 0.6) is 11.5 Å². The van der Waals surface area contributed by atoms with Crippen molar-refractivity contribution in [2.75, 3.05) is 26.1 Å². The van der Waals surface area contributed by atoms with Crippen LogP contribution in [-0.2, 0) is 0 Å². The molecule has 0 saturated heterocycles. The fourth-order valence-electron chi connectivity index (χ4n) is 1.40. The Balaban J connectivity index is 3.19. The van der Waals surface area contributed by atoms with Gasteiger partial charge < -0.3 is 20.1 Å². The monoisotopic (exact) mass is 290 g/mol. The summed E-state index contributed by atoms with van der Waals surface area (Å²) in [4.78, 5) is 0. The van der Waals surface area contributed by atoms with Gasteiger partial charge in [-0.25, -0.2) is 0 Å². The van der Waals surface area contributed by atoms with E-state index in [1.54, 1.807) is 6.07 Å². The lowest BCUT2D eigenvalue weighted by Crippen LogP contribution is -2.18. The summed E-state index contributed by atoms with van der Waals surface area (Å²) < 4.78 is 10.3. The quantitative estimate of drug-likeness (QED) is 0.841. The molecule has 0 bridgehead atoms. The Morgan fingerprint density at radius 3 is 2.11 bits per heavy atom. The molecule has 0 fully saturated rings. The van der Waals surface area contributed by atoms with Crippen LogP contribution in [0, 0.1) is 0 Å². The van der Waals surface area contributed by atoms with Crippen molar-refractivity contribution < 1.29 is 9.47 Å². The molecular formula is C12H16Cl2N2O2. The van der Waals surface area contributed by atoms with Crippen LogP contribution in [-0.4, -0.2) is 20.8 Å². The average molecular weight is 291 g/mol. The Hall–Kier alpha value is -1.26. The van der Waals surface area contributed by atoms with Gasteiger partial charge in [0, 0.05) is 12.6 Å². The molecule has 100 valence electrons. The fourth-order valence-corrected chi connectivity index (χ4v) is 2.00. The van der Waals surface area contributed by atoms with Crippen molar-refractivity contribution in [2.24, 2.45) is 0 Å². The molecule has 0 heterocycles. The molecule has 1 aromatic rings. The van der Waals surface area contributed by atoms with E-state index in [2.05, 4.69) is 17.2 Å². The first-order chi connectivity index (χ1) is 8.54. The van der Waals surface area contributed by atoms with E-state index in [9.17, 15) is 0 Å². The summed E-state index contributed by atoms with van der Waals surface area (Å²) in [7, 11) is 3.05. The number of halogens is 2. The van der Waals surface area contributed by atoms with E-state index in [4.69, 9.17) is 32.7 Å². The topological polar surface area (TPSA) is 42.5 Å². The van der Waals surface area contributed by atoms with Crippen molar-refractivity contribution in [3.63, 3.8) is 0 Å². The zero-order chi connectivity index (χ0) is 13.7. The van der Waals surface area contributed by atoms with Gasteiger partial charge in [-0.1, -0.05) is 29.8 Å². The molecule has 0 spiro atoms. The third kappa shape index (κ3) is 3.15. The summed E-state index contributed by atoms with van der Waals surface area (Å²) in [6, 6.07) is 1.63. The van der Waals surface area contributed by atoms with Gasteiger partial charge in [-0.05, 0) is 6.92 Å². The van der Waals surface area contributed by atoms with Crippen LogP contribution in [0.25, 0.3) is 0 Å². The number of hydrogen-bond donors (Lipinski definition) is 2. The Bertz CT molecular complexity index is 422. The third-order valence-corrected chi connectivity index (χ3v) is 2.99. The van der Waals surface area contributed by atoms with Crippen LogP contribution in [0.4, 0.5) is 5.69 Å². The summed E-state index contributed by atoms with van der Waals surface area (Å²) in [6.45, 7) is 6.51. The van der Waals surface area contributed by atoms with Gasteiger partial charge in [-0.2, -0.15) is 0 Å². The number of nitrogens with one attached hydrogen (secondary N) is 2. The highest BCUT2D eigenvalue weighted by Crippen LogP contribution is 2.44.